The lowest BCUT2D eigenvalue weighted by Gasteiger charge is -2.00. The van der Waals surface area contributed by atoms with Crippen LogP contribution in [-0.2, 0) is 0 Å². The summed E-state index contributed by atoms with van der Waals surface area (Å²) >= 11 is 0. The van der Waals surface area contributed by atoms with Crippen LogP contribution >= 0.6 is 0 Å². The molecule has 2 aromatic heterocycles. The van der Waals surface area contributed by atoms with Gasteiger partial charge in [-0.25, -0.2) is 4.39 Å². The third kappa shape index (κ3) is 6.96. The molecule has 4 rings (SSSR count). The molecule has 2 nitrogen and oxygen atoms in total. The molecule has 0 bridgehead atoms. The molecule has 0 radical (unpaired) electrons. The summed E-state index contributed by atoms with van der Waals surface area (Å²) in [5.74, 6) is -0.221. The van der Waals surface area contributed by atoms with Crippen molar-refractivity contribution in [2.24, 2.45) is 0 Å². The largest absolute Gasteiger partial charge is 0.256 e. The van der Waals surface area contributed by atoms with Gasteiger partial charge in [0.2, 0.25) is 0 Å². The maximum Gasteiger partial charge on any atom is 0.123 e. The lowest BCUT2D eigenvalue weighted by molar-refractivity contribution is 0.628. The molecule has 0 aliphatic heterocycles. The zero-order valence-corrected chi connectivity index (χ0v) is 17.4. The van der Waals surface area contributed by atoms with Crippen LogP contribution in [0.1, 0.15) is 25.0 Å². The molecule has 0 saturated carbocycles. The monoisotopic (exact) mass is 386 g/mol. The van der Waals surface area contributed by atoms with Crippen LogP contribution in [0, 0.1) is 19.7 Å². The van der Waals surface area contributed by atoms with Gasteiger partial charge in [-0.05, 0) is 73.5 Å². The Hall–Kier alpha value is -3.33. The number of hydrogen-bond donors (Lipinski definition) is 0. The summed E-state index contributed by atoms with van der Waals surface area (Å²) in [5.41, 5.74) is 6.43. The molecule has 0 unspecified atom stereocenters. The summed E-state index contributed by atoms with van der Waals surface area (Å²) in [6.45, 7) is 8.09. The topological polar surface area (TPSA) is 25.8 Å². The molecular weight excluding hydrogens is 359 g/mol. The predicted molar refractivity (Wildman–Crippen MR) is 120 cm³/mol. The molecule has 0 spiro atoms. The van der Waals surface area contributed by atoms with Gasteiger partial charge in [0.05, 0.1) is 11.4 Å². The van der Waals surface area contributed by atoms with E-state index in [9.17, 15) is 4.39 Å². The number of halogens is 1. The van der Waals surface area contributed by atoms with Crippen molar-refractivity contribution in [2.75, 3.05) is 0 Å². The minimum Gasteiger partial charge on any atom is -0.256 e. The van der Waals surface area contributed by atoms with E-state index in [0.29, 0.717) is 0 Å². The van der Waals surface area contributed by atoms with E-state index in [1.807, 2.05) is 63.4 Å². The van der Waals surface area contributed by atoms with Gasteiger partial charge in [0.25, 0.3) is 0 Å². The highest BCUT2D eigenvalue weighted by Gasteiger charge is 1.99. The lowest BCUT2D eigenvalue weighted by Crippen LogP contribution is -1.84. The van der Waals surface area contributed by atoms with Crippen LogP contribution in [0.5, 0.6) is 0 Å². The molecule has 0 saturated heterocycles. The van der Waals surface area contributed by atoms with Crippen molar-refractivity contribution >= 4 is 0 Å². The van der Waals surface area contributed by atoms with E-state index in [-0.39, 0.29) is 5.82 Å². The number of pyridine rings is 2. The minimum absolute atomic E-state index is 0.221. The van der Waals surface area contributed by atoms with E-state index in [1.54, 1.807) is 18.3 Å². The molecule has 0 amide bonds. The van der Waals surface area contributed by atoms with Gasteiger partial charge < -0.3 is 0 Å². The Kier molecular flexibility index (Phi) is 8.71. The van der Waals surface area contributed by atoms with Crippen LogP contribution in [0.25, 0.3) is 22.5 Å². The average molecular weight is 387 g/mol. The Balaban J connectivity index is 0.000000191. The molecule has 3 heteroatoms. The molecule has 0 aliphatic carbocycles. The molecule has 0 N–H and O–H groups in total. The van der Waals surface area contributed by atoms with Crippen LogP contribution in [0.4, 0.5) is 4.39 Å². The Bertz CT molecular complexity index is 996. The summed E-state index contributed by atoms with van der Waals surface area (Å²) in [5, 5.41) is 0. The molecule has 4 aromatic rings. The Morgan fingerprint density at radius 2 is 1.03 bits per heavy atom. The van der Waals surface area contributed by atoms with E-state index in [4.69, 9.17) is 0 Å². The van der Waals surface area contributed by atoms with Crippen LogP contribution in [0.2, 0.25) is 0 Å². The van der Waals surface area contributed by atoms with Crippen LogP contribution in [0.3, 0.4) is 0 Å². The minimum atomic E-state index is -0.221. The Morgan fingerprint density at radius 3 is 1.48 bits per heavy atom. The molecule has 0 aliphatic rings. The van der Waals surface area contributed by atoms with E-state index in [1.165, 1.54) is 23.3 Å². The summed E-state index contributed by atoms with van der Waals surface area (Å²) in [7, 11) is 0. The molecule has 0 fully saturated rings. The van der Waals surface area contributed by atoms with Crippen LogP contribution in [0.15, 0.2) is 91.3 Å². The fourth-order valence-corrected chi connectivity index (χ4v) is 2.62. The Labute approximate surface area is 173 Å². The van der Waals surface area contributed by atoms with Gasteiger partial charge in [0, 0.05) is 23.5 Å². The molecular formula is C26H27FN2. The first-order valence-corrected chi connectivity index (χ1v) is 9.78. The number of aromatic nitrogens is 2. The summed E-state index contributed by atoms with van der Waals surface area (Å²) in [6, 6.07) is 24.6. The van der Waals surface area contributed by atoms with E-state index < -0.39 is 0 Å². The van der Waals surface area contributed by atoms with Crippen molar-refractivity contribution in [3.8, 4) is 22.5 Å². The van der Waals surface area contributed by atoms with Gasteiger partial charge in [-0.1, -0.05) is 44.2 Å². The van der Waals surface area contributed by atoms with Crippen molar-refractivity contribution in [2.45, 2.75) is 27.7 Å². The maximum atomic E-state index is 12.7. The van der Waals surface area contributed by atoms with Crippen molar-refractivity contribution < 1.29 is 4.39 Å². The number of benzene rings is 2. The maximum absolute atomic E-state index is 12.7. The zero-order valence-electron chi connectivity index (χ0n) is 17.4. The highest BCUT2D eigenvalue weighted by atomic mass is 19.1. The first-order chi connectivity index (χ1) is 14.1. The zero-order chi connectivity index (χ0) is 21.1. The first kappa shape index (κ1) is 22.0. The van der Waals surface area contributed by atoms with Crippen molar-refractivity contribution in [3.63, 3.8) is 0 Å². The highest BCUT2D eigenvalue weighted by molar-refractivity contribution is 5.60. The SMILES string of the molecule is CC.Cc1ccnc(-c2ccc(F)cc2)c1.Cc1ccnc(-c2ccccc2)c1. The lowest BCUT2D eigenvalue weighted by atomic mass is 10.1. The fraction of sp³-hybridized carbons (Fsp3) is 0.154. The van der Waals surface area contributed by atoms with E-state index >= 15 is 0 Å². The molecule has 0 atom stereocenters. The second-order valence-electron chi connectivity index (χ2n) is 6.31. The summed E-state index contributed by atoms with van der Waals surface area (Å²) in [6.07, 6.45) is 3.60. The standard InChI is InChI=1S/C12H10FN.C12H11N.C2H6/c1-9-6-7-14-12(8-9)10-2-4-11(13)5-3-10;1-10-7-8-13-12(9-10)11-5-3-2-4-6-11;1-2/h2-8H,1H3;2-9H,1H3;1-2H3. The number of rotatable bonds is 2. The second kappa shape index (κ2) is 11.5. The van der Waals surface area contributed by atoms with Gasteiger partial charge in [-0.2, -0.15) is 0 Å². The molecule has 148 valence electrons. The third-order valence-corrected chi connectivity index (χ3v) is 4.04. The molecule has 2 aromatic carbocycles. The summed E-state index contributed by atoms with van der Waals surface area (Å²) < 4.78 is 12.7. The van der Waals surface area contributed by atoms with Gasteiger partial charge >= 0.3 is 0 Å². The number of hydrogen-bond acceptors (Lipinski definition) is 2. The fourth-order valence-electron chi connectivity index (χ4n) is 2.62. The van der Waals surface area contributed by atoms with Gasteiger partial charge in [0.15, 0.2) is 0 Å². The number of nitrogens with zero attached hydrogens (tertiary/aromatic N) is 2. The van der Waals surface area contributed by atoms with Gasteiger partial charge in [-0.15, -0.1) is 0 Å². The smallest absolute Gasteiger partial charge is 0.123 e. The number of aryl methyl sites for hydroxylation is 2. The average Bonchev–Trinajstić information content (AvgIpc) is 2.77. The molecule has 29 heavy (non-hydrogen) atoms. The quantitative estimate of drug-likeness (QED) is 0.362. The van der Waals surface area contributed by atoms with Crippen molar-refractivity contribution in [3.05, 3.63) is 108 Å². The highest BCUT2D eigenvalue weighted by Crippen LogP contribution is 2.18. The van der Waals surface area contributed by atoms with Crippen LogP contribution < -0.4 is 0 Å². The van der Waals surface area contributed by atoms with Gasteiger partial charge in [-0.3, -0.25) is 9.97 Å². The van der Waals surface area contributed by atoms with Crippen molar-refractivity contribution in [1.29, 1.82) is 0 Å². The normalized spacial score (nSPS) is 9.55. The Morgan fingerprint density at radius 1 is 0.586 bits per heavy atom. The van der Waals surface area contributed by atoms with E-state index in [0.717, 1.165) is 22.5 Å². The van der Waals surface area contributed by atoms with E-state index in [2.05, 4.69) is 35.1 Å². The van der Waals surface area contributed by atoms with Crippen LogP contribution in [-0.4, -0.2) is 9.97 Å². The second-order valence-corrected chi connectivity index (χ2v) is 6.31. The summed E-state index contributed by atoms with van der Waals surface area (Å²) in [4.78, 5) is 8.53. The third-order valence-electron chi connectivity index (χ3n) is 4.04. The first-order valence-electron chi connectivity index (χ1n) is 9.78. The van der Waals surface area contributed by atoms with Crippen molar-refractivity contribution in [1.82, 2.24) is 9.97 Å². The predicted octanol–water partition coefficient (Wildman–Crippen LogP) is 7.28. The van der Waals surface area contributed by atoms with Gasteiger partial charge in [0.1, 0.15) is 5.82 Å². The molecule has 2 heterocycles.